The quantitative estimate of drug-likeness (QED) is 0.747. The molecule has 1 N–H and O–H groups in total. The van der Waals surface area contributed by atoms with E-state index in [1.54, 1.807) is 31.2 Å². The molecular weight excluding hydrogens is 325 g/mol. The average Bonchev–Trinajstić information content (AvgIpc) is 2.62. The Balaban J connectivity index is 1.62. The van der Waals surface area contributed by atoms with Gasteiger partial charge >= 0.3 is 5.97 Å². The molecule has 0 aliphatic heterocycles. The summed E-state index contributed by atoms with van der Waals surface area (Å²) in [6.45, 7) is 1.63. The normalized spacial score (nSPS) is 10.2. The molecule has 6 heteroatoms. The summed E-state index contributed by atoms with van der Waals surface area (Å²) >= 11 is 0. The molecule has 5 nitrogen and oxygen atoms in total. The van der Waals surface area contributed by atoms with Gasteiger partial charge in [0.15, 0.2) is 6.61 Å². The third-order valence-electron chi connectivity index (χ3n) is 3.41. The zero-order valence-corrected chi connectivity index (χ0v) is 14.0. The van der Waals surface area contributed by atoms with E-state index in [2.05, 4.69) is 5.32 Å². The highest BCUT2D eigenvalue weighted by atomic mass is 19.1. The van der Waals surface area contributed by atoms with Crippen molar-refractivity contribution in [1.29, 1.82) is 0 Å². The second-order valence-electron chi connectivity index (χ2n) is 5.43. The van der Waals surface area contributed by atoms with Gasteiger partial charge in [0, 0.05) is 6.54 Å². The van der Waals surface area contributed by atoms with Gasteiger partial charge in [-0.05, 0) is 36.2 Å². The number of nitrogens with one attached hydrogen (secondary N) is 1. The summed E-state index contributed by atoms with van der Waals surface area (Å²) in [5.41, 5.74) is 1.18. The Hall–Kier alpha value is -2.89. The van der Waals surface area contributed by atoms with E-state index >= 15 is 0 Å². The second-order valence-corrected chi connectivity index (χ2v) is 5.43. The summed E-state index contributed by atoms with van der Waals surface area (Å²) < 4.78 is 23.6. The van der Waals surface area contributed by atoms with Crippen LogP contribution in [-0.4, -0.2) is 25.1 Å². The van der Waals surface area contributed by atoms with Crippen LogP contribution in [-0.2, 0) is 20.9 Å². The van der Waals surface area contributed by atoms with Crippen LogP contribution in [0.5, 0.6) is 5.75 Å². The van der Waals surface area contributed by atoms with Crippen LogP contribution in [0, 0.1) is 12.7 Å². The van der Waals surface area contributed by atoms with Crippen LogP contribution in [0.1, 0.15) is 17.5 Å². The molecule has 2 aromatic rings. The number of esters is 1. The SMILES string of the molecule is Cc1ccc(CNC(=O)COC(=O)CCOc2ccccc2)cc1F. The van der Waals surface area contributed by atoms with E-state index in [0.717, 1.165) is 0 Å². The third-order valence-corrected chi connectivity index (χ3v) is 3.41. The molecule has 0 radical (unpaired) electrons. The van der Waals surface area contributed by atoms with Gasteiger partial charge in [-0.3, -0.25) is 9.59 Å². The van der Waals surface area contributed by atoms with Gasteiger partial charge in [0.2, 0.25) is 0 Å². The van der Waals surface area contributed by atoms with E-state index in [9.17, 15) is 14.0 Å². The predicted molar refractivity (Wildman–Crippen MR) is 90.5 cm³/mol. The first kappa shape index (κ1) is 18.4. The predicted octanol–water partition coefficient (Wildman–Crippen LogP) is 2.76. The summed E-state index contributed by atoms with van der Waals surface area (Å²) in [6.07, 6.45) is 0.0470. The molecule has 0 spiro atoms. The highest BCUT2D eigenvalue weighted by Crippen LogP contribution is 2.09. The minimum absolute atomic E-state index is 0.0470. The lowest BCUT2D eigenvalue weighted by molar-refractivity contribution is -0.149. The van der Waals surface area contributed by atoms with E-state index in [-0.39, 0.29) is 32.0 Å². The Bertz CT molecular complexity index is 719. The Morgan fingerprint density at radius 2 is 1.88 bits per heavy atom. The van der Waals surface area contributed by atoms with Crippen molar-refractivity contribution in [2.75, 3.05) is 13.2 Å². The van der Waals surface area contributed by atoms with Gasteiger partial charge in [-0.25, -0.2) is 4.39 Å². The van der Waals surface area contributed by atoms with E-state index in [0.29, 0.717) is 16.9 Å². The highest BCUT2D eigenvalue weighted by molar-refractivity contribution is 5.80. The molecule has 0 saturated carbocycles. The molecule has 0 aliphatic rings. The summed E-state index contributed by atoms with van der Waals surface area (Å²) in [7, 11) is 0. The Labute approximate surface area is 145 Å². The van der Waals surface area contributed by atoms with Crippen molar-refractivity contribution in [3.05, 3.63) is 65.5 Å². The zero-order chi connectivity index (χ0) is 18.1. The summed E-state index contributed by atoms with van der Waals surface area (Å²) in [4.78, 5) is 23.2. The maximum absolute atomic E-state index is 13.4. The topological polar surface area (TPSA) is 64.6 Å². The van der Waals surface area contributed by atoms with Crippen molar-refractivity contribution in [1.82, 2.24) is 5.32 Å². The highest BCUT2D eigenvalue weighted by Gasteiger charge is 2.08. The fraction of sp³-hybridized carbons (Fsp3) is 0.263. The molecule has 0 saturated heterocycles. The second kappa shape index (κ2) is 9.42. The van der Waals surface area contributed by atoms with Gasteiger partial charge in [0.05, 0.1) is 13.0 Å². The first-order valence-corrected chi connectivity index (χ1v) is 7.90. The molecule has 0 aromatic heterocycles. The molecule has 0 heterocycles. The van der Waals surface area contributed by atoms with Gasteiger partial charge < -0.3 is 14.8 Å². The maximum Gasteiger partial charge on any atom is 0.309 e. The fourth-order valence-corrected chi connectivity index (χ4v) is 1.99. The lowest BCUT2D eigenvalue weighted by Gasteiger charge is -2.08. The molecule has 2 aromatic carbocycles. The molecule has 132 valence electrons. The fourth-order valence-electron chi connectivity index (χ4n) is 1.99. The van der Waals surface area contributed by atoms with Crippen molar-refractivity contribution in [3.63, 3.8) is 0 Å². The zero-order valence-electron chi connectivity index (χ0n) is 14.0. The van der Waals surface area contributed by atoms with E-state index < -0.39 is 11.9 Å². The van der Waals surface area contributed by atoms with Crippen molar-refractivity contribution >= 4 is 11.9 Å². The minimum Gasteiger partial charge on any atom is -0.493 e. The Morgan fingerprint density at radius 3 is 2.60 bits per heavy atom. The number of hydrogen-bond acceptors (Lipinski definition) is 4. The van der Waals surface area contributed by atoms with E-state index in [1.807, 2.05) is 18.2 Å². The van der Waals surface area contributed by atoms with Gasteiger partial charge in [0.25, 0.3) is 5.91 Å². The van der Waals surface area contributed by atoms with E-state index in [4.69, 9.17) is 9.47 Å². The summed E-state index contributed by atoms with van der Waals surface area (Å²) in [6, 6.07) is 13.8. The average molecular weight is 345 g/mol. The minimum atomic E-state index is -0.521. The van der Waals surface area contributed by atoms with E-state index in [1.165, 1.54) is 6.07 Å². The number of aryl methyl sites for hydroxylation is 1. The van der Waals surface area contributed by atoms with Gasteiger partial charge in [-0.15, -0.1) is 0 Å². The maximum atomic E-state index is 13.4. The number of hydrogen-bond donors (Lipinski definition) is 1. The lowest BCUT2D eigenvalue weighted by Crippen LogP contribution is -2.28. The lowest BCUT2D eigenvalue weighted by atomic mass is 10.1. The molecule has 0 aliphatic carbocycles. The Morgan fingerprint density at radius 1 is 1.12 bits per heavy atom. The van der Waals surface area contributed by atoms with Crippen LogP contribution >= 0.6 is 0 Å². The summed E-state index contributed by atoms with van der Waals surface area (Å²) in [5, 5.41) is 2.57. The van der Waals surface area contributed by atoms with Crippen LogP contribution in [0.3, 0.4) is 0 Å². The molecule has 1 amide bonds. The first-order chi connectivity index (χ1) is 12.0. The van der Waals surface area contributed by atoms with Gasteiger partial charge in [-0.1, -0.05) is 30.3 Å². The first-order valence-electron chi connectivity index (χ1n) is 7.90. The molecule has 2 rings (SSSR count). The Kier molecular flexibility index (Phi) is 6.95. The van der Waals surface area contributed by atoms with Crippen molar-refractivity contribution in [2.24, 2.45) is 0 Å². The van der Waals surface area contributed by atoms with Crippen LogP contribution in [0.4, 0.5) is 4.39 Å². The van der Waals surface area contributed by atoms with Crippen molar-refractivity contribution in [2.45, 2.75) is 19.9 Å². The van der Waals surface area contributed by atoms with Crippen LogP contribution in [0.15, 0.2) is 48.5 Å². The molecule has 25 heavy (non-hydrogen) atoms. The number of benzene rings is 2. The number of ether oxygens (including phenoxy) is 2. The van der Waals surface area contributed by atoms with Crippen molar-refractivity contribution < 1.29 is 23.5 Å². The number of amides is 1. The molecule has 0 atom stereocenters. The molecule has 0 bridgehead atoms. The van der Waals surface area contributed by atoms with Crippen LogP contribution < -0.4 is 10.1 Å². The van der Waals surface area contributed by atoms with Crippen molar-refractivity contribution in [3.8, 4) is 5.75 Å². The molecular formula is C19H20FNO4. The molecule has 0 unspecified atom stereocenters. The largest absolute Gasteiger partial charge is 0.493 e. The summed E-state index contributed by atoms with van der Waals surface area (Å²) in [5.74, 6) is -0.624. The monoisotopic (exact) mass is 345 g/mol. The third kappa shape index (κ3) is 6.63. The van der Waals surface area contributed by atoms with Gasteiger partial charge in [-0.2, -0.15) is 0 Å². The number of para-hydroxylation sites is 1. The standard InChI is InChI=1S/C19H20FNO4/c1-14-7-8-15(11-17(14)20)12-21-18(22)13-25-19(23)9-10-24-16-5-3-2-4-6-16/h2-8,11H,9-10,12-13H2,1H3,(H,21,22). The number of rotatable bonds is 8. The smallest absolute Gasteiger partial charge is 0.309 e. The number of carbonyl (C=O) groups is 2. The van der Waals surface area contributed by atoms with Crippen LogP contribution in [0.2, 0.25) is 0 Å². The van der Waals surface area contributed by atoms with Crippen LogP contribution in [0.25, 0.3) is 0 Å². The number of carbonyl (C=O) groups excluding carboxylic acids is 2. The number of halogens is 1. The molecule has 0 fully saturated rings. The van der Waals surface area contributed by atoms with Gasteiger partial charge in [0.1, 0.15) is 11.6 Å².